The molecule has 128 valence electrons. The highest BCUT2D eigenvalue weighted by Crippen LogP contribution is 2.23. The largest absolute Gasteiger partial charge is 0.365 e. The van der Waals surface area contributed by atoms with Crippen LogP contribution in [0.4, 0.5) is 5.69 Å². The van der Waals surface area contributed by atoms with Crippen molar-refractivity contribution in [2.45, 2.75) is 33.1 Å². The highest BCUT2D eigenvalue weighted by Gasteiger charge is 2.23. The van der Waals surface area contributed by atoms with Crippen molar-refractivity contribution >= 4 is 11.6 Å². The van der Waals surface area contributed by atoms with Crippen LogP contribution < -0.4 is 4.90 Å². The van der Waals surface area contributed by atoms with Gasteiger partial charge >= 0.3 is 0 Å². The van der Waals surface area contributed by atoms with Crippen molar-refractivity contribution in [3.05, 3.63) is 47.3 Å². The normalized spacial score (nSPS) is 14.9. The van der Waals surface area contributed by atoms with Crippen LogP contribution in [-0.4, -0.2) is 47.2 Å². The Morgan fingerprint density at radius 2 is 1.83 bits per heavy atom. The number of H-pyrrole nitrogens is 1. The first-order valence-electron chi connectivity index (χ1n) is 8.73. The fraction of sp³-hybridized carbons (Fsp3) is 0.474. The Kier molecular flexibility index (Phi) is 5.18. The summed E-state index contributed by atoms with van der Waals surface area (Å²) in [5, 5.41) is 7.31. The van der Waals surface area contributed by atoms with E-state index in [4.69, 9.17) is 0 Å². The quantitative estimate of drug-likeness (QED) is 0.919. The van der Waals surface area contributed by atoms with Gasteiger partial charge in [-0.25, -0.2) is 0 Å². The SMILES string of the molecule is Cc1n[nH]c(C)c1N1CCN(C(=O)CCCc2ccccc2)CC1. The standard InChI is InChI=1S/C19H26N4O/c1-15-19(16(2)21-20-15)23-13-11-22(12-14-23)18(24)10-6-9-17-7-4-3-5-8-17/h3-5,7-8H,6,9-14H2,1-2H3,(H,20,21). The molecule has 2 aromatic rings. The summed E-state index contributed by atoms with van der Waals surface area (Å²) in [4.78, 5) is 16.7. The van der Waals surface area contributed by atoms with Crippen molar-refractivity contribution in [2.24, 2.45) is 0 Å². The molecule has 1 aliphatic rings. The van der Waals surface area contributed by atoms with Crippen LogP contribution in [0.25, 0.3) is 0 Å². The van der Waals surface area contributed by atoms with E-state index in [1.54, 1.807) is 0 Å². The molecule has 2 heterocycles. The van der Waals surface area contributed by atoms with E-state index >= 15 is 0 Å². The zero-order chi connectivity index (χ0) is 16.9. The van der Waals surface area contributed by atoms with Crippen molar-refractivity contribution in [3.8, 4) is 0 Å². The number of benzene rings is 1. The van der Waals surface area contributed by atoms with Gasteiger partial charge in [0.25, 0.3) is 0 Å². The molecule has 0 saturated carbocycles. The third kappa shape index (κ3) is 3.78. The molecule has 5 nitrogen and oxygen atoms in total. The van der Waals surface area contributed by atoms with Crippen LogP contribution in [0.2, 0.25) is 0 Å². The third-order valence-electron chi connectivity index (χ3n) is 4.74. The Labute approximate surface area is 143 Å². The van der Waals surface area contributed by atoms with Gasteiger partial charge in [-0.2, -0.15) is 5.10 Å². The molecular weight excluding hydrogens is 300 g/mol. The predicted molar refractivity (Wildman–Crippen MR) is 96.2 cm³/mol. The minimum Gasteiger partial charge on any atom is -0.365 e. The van der Waals surface area contributed by atoms with E-state index in [2.05, 4.69) is 46.3 Å². The van der Waals surface area contributed by atoms with Gasteiger partial charge in [0.05, 0.1) is 17.1 Å². The monoisotopic (exact) mass is 326 g/mol. The van der Waals surface area contributed by atoms with Gasteiger partial charge in [0.2, 0.25) is 5.91 Å². The lowest BCUT2D eigenvalue weighted by molar-refractivity contribution is -0.131. The molecule has 0 atom stereocenters. The molecule has 1 saturated heterocycles. The fourth-order valence-electron chi connectivity index (χ4n) is 3.44. The lowest BCUT2D eigenvalue weighted by Gasteiger charge is -2.36. The number of carbonyl (C=O) groups is 1. The van der Waals surface area contributed by atoms with E-state index in [-0.39, 0.29) is 5.91 Å². The summed E-state index contributed by atoms with van der Waals surface area (Å²) in [6, 6.07) is 10.4. The molecule has 1 amide bonds. The summed E-state index contributed by atoms with van der Waals surface area (Å²) in [6.45, 7) is 7.44. The number of nitrogens with zero attached hydrogens (tertiary/aromatic N) is 3. The van der Waals surface area contributed by atoms with Crippen LogP contribution in [0, 0.1) is 13.8 Å². The fourth-order valence-corrected chi connectivity index (χ4v) is 3.44. The number of aryl methyl sites for hydroxylation is 3. The molecule has 0 radical (unpaired) electrons. The van der Waals surface area contributed by atoms with E-state index in [9.17, 15) is 4.79 Å². The van der Waals surface area contributed by atoms with Crippen molar-refractivity contribution in [2.75, 3.05) is 31.1 Å². The smallest absolute Gasteiger partial charge is 0.222 e. The zero-order valence-electron chi connectivity index (χ0n) is 14.6. The van der Waals surface area contributed by atoms with Crippen molar-refractivity contribution in [1.82, 2.24) is 15.1 Å². The van der Waals surface area contributed by atoms with Gasteiger partial charge in [-0.1, -0.05) is 30.3 Å². The number of aromatic nitrogens is 2. The number of anilines is 1. The summed E-state index contributed by atoms with van der Waals surface area (Å²) in [5.41, 5.74) is 4.65. The van der Waals surface area contributed by atoms with Crippen LogP contribution in [0.3, 0.4) is 0 Å². The topological polar surface area (TPSA) is 52.2 Å². The highest BCUT2D eigenvalue weighted by molar-refractivity contribution is 5.76. The number of nitrogens with one attached hydrogen (secondary N) is 1. The van der Waals surface area contributed by atoms with E-state index in [1.807, 2.05) is 17.9 Å². The second-order valence-electron chi connectivity index (χ2n) is 6.49. The first-order valence-corrected chi connectivity index (χ1v) is 8.73. The number of amides is 1. The Bertz CT molecular complexity index is 652. The Morgan fingerprint density at radius 1 is 1.12 bits per heavy atom. The molecule has 0 aliphatic carbocycles. The van der Waals surface area contributed by atoms with Gasteiger partial charge in [-0.05, 0) is 32.3 Å². The van der Waals surface area contributed by atoms with Gasteiger partial charge in [0.15, 0.2) is 0 Å². The van der Waals surface area contributed by atoms with E-state index in [0.717, 1.165) is 50.4 Å². The van der Waals surface area contributed by atoms with Gasteiger partial charge in [-0.3, -0.25) is 9.89 Å². The van der Waals surface area contributed by atoms with Crippen molar-refractivity contribution in [1.29, 1.82) is 0 Å². The number of carbonyl (C=O) groups excluding carboxylic acids is 1. The summed E-state index contributed by atoms with van der Waals surface area (Å²) >= 11 is 0. The molecule has 1 aromatic heterocycles. The molecule has 0 unspecified atom stereocenters. The molecule has 24 heavy (non-hydrogen) atoms. The molecule has 0 spiro atoms. The Hall–Kier alpha value is -2.30. The number of hydrogen-bond acceptors (Lipinski definition) is 3. The van der Waals surface area contributed by atoms with Gasteiger partial charge in [-0.15, -0.1) is 0 Å². The van der Waals surface area contributed by atoms with Gasteiger partial charge in [0.1, 0.15) is 0 Å². The molecule has 1 aliphatic heterocycles. The molecule has 1 N–H and O–H groups in total. The number of aromatic amines is 1. The van der Waals surface area contributed by atoms with Crippen molar-refractivity contribution in [3.63, 3.8) is 0 Å². The summed E-state index contributed by atoms with van der Waals surface area (Å²) in [5.74, 6) is 0.284. The summed E-state index contributed by atoms with van der Waals surface area (Å²) in [6.07, 6.45) is 2.53. The maximum absolute atomic E-state index is 12.4. The molecular formula is C19H26N4O. The number of hydrogen-bond donors (Lipinski definition) is 1. The highest BCUT2D eigenvalue weighted by atomic mass is 16.2. The lowest BCUT2D eigenvalue weighted by atomic mass is 10.1. The number of piperazine rings is 1. The molecule has 0 bridgehead atoms. The summed E-state index contributed by atoms with van der Waals surface area (Å²) in [7, 11) is 0. The average Bonchev–Trinajstić information content (AvgIpc) is 2.94. The third-order valence-corrected chi connectivity index (χ3v) is 4.74. The summed E-state index contributed by atoms with van der Waals surface area (Å²) < 4.78 is 0. The maximum atomic E-state index is 12.4. The van der Waals surface area contributed by atoms with Crippen molar-refractivity contribution < 1.29 is 4.79 Å². The Balaban J connectivity index is 1.45. The first-order chi connectivity index (χ1) is 11.6. The van der Waals surface area contributed by atoms with E-state index in [0.29, 0.717) is 6.42 Å². The average molecular weight is 326 g/mol. The van der Waals surface area contributed by atoms with Crippen LogP contribution in [0.15, 0.2) is 30.3 Å². The molecule has 1 fully saturated rings. The maximum Gasteiger partial charge on any atom is 0.222 e. The first kappa shape index (κ1) is 16.6. The number of rotatable bonds is 5. The van der Waals surface area contributed by atoms with Gasteiger partial charge in [0, 0.05) is 32.6 Å². The van der Waals surface area contributed by atoms with Crippen LogP contribution >= 0.6 is 0 Å². The van der Waals surface area contributed by atoms with E-state index in [1.165, 1.54) is 11.3 Å². The lowest BCUT2D eigenvalue weighted by Crippen LogP contribution is -2.49. The Morgan fingerprint density at radius 3 is 2.46 bits per heavy atom. The molecule has 1 aromatic carbocycles. The minimum atomic E-state index is 0.284. The van der Waals surface area contributed by atoms with Crippen LogP contribution in [-0.2, 0) is 11.2 Å². The molecule has 3 rings (SSSR count). The molecule has 5 heteroatoms. The predicted octanol–water partition coefficient (Wildman–Crippen LogP) is 2.70. The van der Waals surface area contributed by atoms with Crippen LogP contribution in [0.5, 0.6) is 0 Å². The minimum absolute atomic E-state index is 0.284. The second kappa shape index (κ2) is 7.51. The van der Waals surface area contributed by atoms with Crippen LogP contribution in [0.1, 0.15) is 29.8 Å². The van der Waals surface area contributed by atoms with E-state index < -0.39 is 0 Å². The zero-order valence-corrected chi connectivity index (χ0v) is 14.6. The second-order valence-corrected chi connectivity index (χ2v) is 6.49. The van der Waals surface area contributed by atoms with Gasteiger partial charge < -0.3 is 9.80 Å².